The number of carbonyl (C=O) groups is 4. The molecule has 0 saturated heterocycles. The number of aliphatic hydroxyl groups excluding tert-OH is 1. The van der Waals surface area contributed by atoms with Gasteiger partial charge in [-0.2, -0.15) is 0 Å². The molecule has 0 bridgehead atoms. The molecule has 196 valence electrons. The highest BCUT2D eigenvalue weighted by molar-refractivity contribution is 5.94. The Morgan fingerprint density at radius 1 is 0.886 bits per heavy atom. The van der Waals surface area contributed by atoms with Crippen molar-refractivity contribution in [3.63, 3.8) is 0 Å². The third-order valence-corrected chi connectivity index (χ3v) is 5.86. The number of phenols is 1. The fourth-order valence-corrected chi connectivity index (χ4v) is 3.27. The van der Waals surface area contributed by atoms with Crippen molar-refractivity contribution in [2.24, 2.45) is 17.6 Å². The number of carbonyl (C=O) groups excluding carboxylic acids is 3. The van der Waals surface area contributed by atoms with E-state index < -0.39 is 59.9 Å². The molecule has 0 heterocycles. The minimum Gasteiger partial charge on any atom is -0.508 e. The molecule has 6 atom stereocenters. The molecule has 11 heteroatoms. The zero-order valence-corrected chi connectivity index (χ0v) is 20.8. The van der Waals surface area contributed by atoms with Crippen LogP contribution < -0.4 is 21.7 Å². The van der Waals surface area contributed by atoms with E-state index in [1.54, 1.807) is 32.9 Å². The second kappa shape index (κ2) is 13.6. The van der Waals surface area contributed by atoms with E-state index in [0.29, 0.717) is 12.0 Å². The fourth-order valence-electron chi connectivity index (χ4n) is 3.27. The predicted octanol–water partition coefficient (Wildman–Crippen LogP) is -0.116. The standard InChI is InChI=1S/C24H38N4O7/c1-6-13(4)18(25)22(32)28-20(14(5)29)23(33)26-17(11-15-7-9-16(30)10-8-15)21(31)27-19(12(2)3)24(34)35/h7-10,12-14,17-20,29-30H,6,11,25H2,1-5H3,(H,26,33)(H,27,31)(H,28,32)(H,34,35). The Labute approximate surface area is 205 Å². The van der Waals surface area contributed by atoms with Gasteiger partial charge in [-0.25, -0.2) is 4.79 Å². The summed E-state index contributed by atoms with van der Waals surface area (Å²) >= 11 is 0. The lowest BCUT2D eigenvalue weighted by Gasteiger charge is -2.28. The van der Waals surface area contributed by atoms with Gasteiger partial charge in [-0.05, 0) is 36.5 Å². The van der Waals surface area contributed by atoms with E-state index in [1.165, 1.54) is 19.1 Å². The van der Waals surface area contributed by atoms with Crippen molar-refractivity contribution >= 4 is 23.7 Å². The summed E-state index contributed by atoms with van der Waals surface area (Å²) in [6.45, 7) is 8.23. The highest BCUT2D eigenvalue weighted by Gasteiger charge is 2.33. The Hall–Kier alpha value is -3.18. The van der Waals surface area contributed by atoms with Crippen molar-refractivity contribution < 1.29 is 34.5 Å². The van der Waals surface area contributed by atoms with Crippen LogP contribution >= 0.6 is 0 Å². The second-order valence-electron chi connectivity index (χ2n) is 9.14. The van der Waals surface area contributed by atoms with Gasteiger partial charge in [0.25, 0.3) is 0 Å². The van der Waals surface area contributed by atoms with E-state index in [9.17, 15) is 34.5 Å². The van der Waals surface area contributed by atoms with Crippen LogP contribution in [0.1, 0.15) is 46.6 Å². The third-order valence-electron chi connectivity index (χ3n) is 5.86. The number of aliphatic carboxylic acids is 1. The van der Waals surface area contributed by atoms with Gasteiger partial charge in [-0.15, -0.1) is 0 Å². The molecule has 3 amide bonds. The first-order chi connectivity index (χ1) is 16.3. The van der Waals surface area contributed by atoms with Crippen molar-refractivity contribution in [1.29, 1.82) is 0 Å². The van der Waals surface area contributed by atoms with Crippen LogP contribution in [-0.2, 0) is 25.6 Å². The summed E-state index contributed by atoms with van der Waals surface area (Å²) in [4.78, 5) is 50.1. The van der Waals surface area contributed by atoms with Crippen LogP contribution in [0.15, 0.2) is 24.3 Å². The van der Waals surface area contributed by atoms with Crippen LogP contribution in [0.3, 0.4) is 0 Å². The molecule has 0 aliphatic heterocycles. The predicted molar refractivity (Wildman–Crippen MR) is 129 cm³/mol. The molecule has 11 nitrogen and oxygen atoms in total. The first-order valence-corrected chi connectivity index (χ1v) is 11.6. The van der Waals surface area contributed by atoms with Crippen molar-refractivity contribution in [3.8, 4) is 5.75 Å². The molecule has 0 aromatic heterocycles. The van der Waals surface area contributed by atoms with Gasteiger partial charge < -0.3 is 37.0 Å². The molecular weight excluding hydrogens is 456 g/mol. The number of phenolic OH excluding ortho intramolecular Hbond substituents is 1. The van der Waals surface area contributed by atoms with Gasteiger partial charge in [-0.1, -0.05) is 46.2 Å². The molecule has 1 rings (SSSR count). The van der Waals surface area contributed by atoms with Crippen molar-refractivity contribution in [2.45, 2.75) is 77.7 Å². The van der Waals surface area contributed by atoms with Gasteiger partial charge in [0.1, 0.15) is 23.9 Å². The number of rotatable bonds is 13. The van der Waals surface area contributed by atoms with E-state index in [1.807, 2.05) is 6.92 Å². The Bertz CT molecular complexity index is 873. The maximum Gasteiger partial charge on any atom is 0.326 e. The van der Waals surface area contributed by atoms with Crippen LogP contribution in [-0.4, -0.2) is 69.3 Å². The van der Waals surface area contributed by atoms with Crippen LogP contribution in [0.4, 0.5) is 0 Å². The number of nitrogens with two attached hydrogens (primary N) is 1. The summed E-state index contributed by atoms with van der Waals surface area (Å²) < 4.78 is 0. The Balaban J connectivity index is 3.14. The van der Waals surface area contributed by atoms with E-state index in [-0.39, 0.29) is 18.1 Å². The van der Waals surface area contributed by atoms with Crippen molar-refractivity contribution in [1.82, 2.24) is 16.0 Å². The molecule has 35 heavy (non-hydrogen) atoms. The lowest BCUT2D eigenvalue weighted by Crippen LogP contribution is -2.60. The van der Waals surface area contributed by atoms with Crippen LogP contribution in [0.2, 0.25) is 0 Å². The molecular formula is C24H38N4O7. The molecule has 0 aliphatic carbocycles. The Morgan fingerprint density at radius 2 is 1.43 bits per heavy atom. The molecule has 1 aromatic carbocycles. The highest BCUT2D eigenvalue weighted by Crippen LogP contribution is 2.13. The van der Waals surface area contributed by atoms with Crippen LogP contribution in [0.5, 0.6) is 5.75 Å². The van der Waals surface area contributed by atoms with Gasteiger partial charge in [0.2, 0.25) is 17.7 Å². The normalized spacial score (nSPS) is 16.3. The average Bonchev–Trinajstić information content (AvgIpc) is 2.79. The maximum absolute atomic E-state index is 13.0. The molecule has 8 N–H and O–H groups in total. The fraction of sp³-hybridized carbons (Fsp3) is 0.583. The number of carboxylic acid groups (broad SMARTS) is 1. The summed E-state index contributed by atoms with van der Waals surface area (Å²) in [5.74, 6) is -4.00. The summed E-state index contributed by atoms with van der Waals surface area (Å²) in [5.41, 5.74) is 6.51. The number of hydrogen-bond donors (Lipinski definition) is 7. The largest absolute Gasteiger partial charge is 0.508 e. The Morgan fingerprint density at radius 3 is 1.89 bits per heavy atom. The van der Waals surface area contributed by atoms with Gasteiger partial charge >= 0.3 is 5.97 Å². The first-order valence-electron chi connectivity index (χ1n) is 11.6. The smallest absolute Gasteiger partial charge is 0.326 e. The number of carboxylic acids is 1. The quantitative estimate of drug-likeness (QED) is 0.197. The number of hydrogen-bond acceptors (Lipinski definition) is 7. The number of aromatic hydroxyl groups is 1. The summed E-state index contributed by atoms with van der Waals surface area (Å²) in [6.07, 6.45) is -0.701. The van der Waals surface area contributed by atoms with Gasteiger partial charge in [0.15, 0.2) is 0 Å². The zero-order valence-electron chi connectivity index (χ0n) is 20.8. The molecule has 0 aliphatic rings. The third kappa shape index (κ3) is 9.18. The van der Waals surface area contributed by atoms with Crippen LogP contribution in [0, 0.1) is 11.8 Å². The summed E-state index contributed by atoms with van der Waals surface area (Å²) in [6, 6.07) is 1.22. The maximum atomic E-state index is 13.0. The molecule has 0 radical (unpaired) electrons. The lowest BCUT2D eigenvalue weighted by atomic mass is 9.98. The number of amides is 3. The minimum absolute atomic E-state index is 0.0130. The second-order valence-corrected chi connectivity index (χ2v) is 9.14. The molecule has 6 unspecified atom stereocenters. The Kier molecular flexibility index (Phi) is 11.6. The minimum atomic E-state index is -1.40. The van der Waals surface area contributed by atoms with Gasteiger partial charge in [-0.3, -0.25) is 14.4 Å². The van der Waals surface area contributed by atoms with E-state index in [2.05, 4.69) is 16.0 Å². The van der Waals surface area contributed by atoms with Crippen molar-refractivity contribution in [2.75, 3.05) is 0 Å². The highest BCUT2D eigenvalue weighted by atomic mass is 16.4. The lowest BCUT2D eigenvalue weighted by molar-refractivity contribution is -0.143. The average molecular weight is 495 g/mol. The number of benzene rings is 1. The van der Waals surface area contributed by atoms with E-state index >= 15 is 0 Å². The molecule has 0 fully saturated rings. The topological polar surface area (TPSA) is 191 Å². The molecule has 0 saturated carbocycles. The van der Waals surface area contributed by atoms with Crippen molar-refractivity contribution in [3.05, 3.63) is 29.8 Å². The van der Waals surface area contributed by atoms with E-state index in [0.717, 1.165) is 0 Å². The van der Waals surface area contributed by atoms with Gasteiger partial charge in [0, 0.05) is 6.42 Å². The van der Waals surface area contributed by atoms with Gasteiger partial charge in [0.05, 0.1) is 12.1 Å². The number of aliphatic hydroxyl groups is 1. The number of nitrogens with one attached hydrogen (secondary N) is 3. The van der Waals surface area contributed by atoms with E-state index in [4.69, 9.17) is 5.73 Å². The first kappa shape index (κ1) is 29.9. The zero-order chi connectivity index (χ0) is 26.9. The SMILES string of the molecule is CCC(C)C(N)C(=O)NC(C(=O)NC(Cc1ccc(O)cc1)C(=O)NC(C(=O)O)C(C)C)C(C)O. The molecule has 0 spiro atoms. The summed E-state index contributed by atoms with van der Waals surface area (Å²) in [7, 11) is 0. The molecule has 1 aromatic rings. The summed E-state index contributed by atoms with van der Waals surface area (Å²) in [5, 5.41) is 36.5. The van der Waals surface area contributed by atoms with Crippen LogP contribution in [0.25, 0.3) is 0 Å². The monoisotopic (exact) mass is 494 g/mol.